The molecular weight excluding hydrogens is 421 g/mol. The molecule has 0 fully saturated rings. The minimum absolute atomic E-state index is 0.125. The van der Waals surface area contributed by atoms with E-state index < -0.39 is 0 Å². The zero-order valence-corrected chi connectivity index (χ0v) is 20.6. The number of aromatic hydroxyl groups is 1. The number of rotatable bonds is 8. The molecule has 0 aliphatic carbocycles. The van der Waals surface area contributed by atoms with Gasteiger partial charge in [0, 0.05) is 28.6 Å². The van der Waals surface area contributed by atoms with Crippen LogP contribution in [-0.4, -0.2) is 5.11 Å². The Morgan fingerprint density at radius 1 is 0.788 bits per heavy atom. The fourth-order valence-electron chi connectivity index (χ4n) is 4.28. The van der Waals surface area contributed by atoms with Crippen molar-refractivity contribution in [2.24, 2.45) is 0 Å². The van der Waals surface area contributed by atoms with Gasteiger partial charge in [0.15, 0.2) is 0 Å². The zero-order valence-electron chi connectivity index (χ0n) is 19.6. The first-order valence-electron chi connectivity index (χ1n) is 11.5. The van der Waals surface area contributed by atoms with E-state index in [2.05, 4.69) is 111 Å². The molecule has 0 saturated heterocycles. The number of para-hydroxylation sites is 3. The molecule has 2 atom stereocenters. The summed E-state index contributed by atoms with van der Waals surface area (Å²) in [6, 6.07) is 35.8. The highest BCUT2D eigenvalue weighted by Crippen LogP contribution is 2.47. The van der Waals surface area contributed by atoms with Crippen LogP contribution in [0.15, 0.2) is 103 Å². The summed E-state index contributed by atoms with van der Waals surface area (Å²) in [5.41, 5.74) is 5.98. The van der Waals surface area contributed by atoms with Crippen molar-refractivity contribution in [1.82, 2.24) is 0 Å². The van der Waals surface area contributed by atoms with E-state index in [4.69, 9.17) is 0 Å². The molecule has 2 unspecified atom stereocenters. The molecule has 1 N–H and O–H groups in total. The van der Waals surface area contributed by atoms with Gasteiger partial charge in [0.25, 0.3) is 0 Å². The summed E-state index contributed by atoms with van der Waals surface area (Å²) in [5.74, 6) is 0.387. The SMILES string of the molecule is CCC(C)(Pc1ccc(C)cc1CN(c1ccccc1)c1ccccc1)c1ccccc1O. The second kappa shape index (κ2) is 10.2. The lowest BCUT2D eigenvalue weighted by Gasteiger charge is -2.32. The number of hydrogen-bond donors (Lipinski definition) is 1. The van der Waals surface area contributed by atoms with Gasteiger partial charge in [-0.2, -0.15) is 0 Å². The molecule has 0 aliphatic heterocycles. The Balaban J connectivity index is 1.74. The maximum Gasteiger partial charge on any atom is 0.119 e. The molecule has 0 spiro atoms. The molecule has 4 rings (SSSR count). The van der Waals surface area contributed by atoms with Crippen LogP contribution in [0.25, 0.3) is 0 Å². The molecule has 4 aromatic carbocycles. The molecule has 0 radical (unpaired) electrons. The Hall–Kier alpha value is -3.09. The van der Waals surface area contributed by atoms with Gasteiger partial charge in [-0.15, -0.1) is 0 Å². The van der Waals surface area contributed by atoms with Crippen molar-refractivity contribution in [1.29, 1.82) is 0 Å². The summed E-state index contributed by atoms with van der Waals surface area (Å²) >= 11 is 0. The largest absolute Gasteiger partial charge is 0.508 e. The Kier molecular flexibility index (Phi) is 7.16. The maximum absolute atomic E-state index is 10.6. The molecule has 0 aromatic heterocycles. The Labute approximate surface area is 199 Å². The standard InChI is InChI=1S/C30H32NOP/c1-4-30(3,27-17-11-12-18-28(27)32)33-29-20-19-23(2)21-24(29)22-31(25-13-7-5-8-14-25)26-15-9-6-10-16-26/h5-21,32-33H,4,22H2,1-3H3. The normalized spacial score (nSPS) is 13.2. The second-order valence-corrected chi connectivity index (χ2v) is 10.6. The van der Waals surface area contributed by atoms with Gasteiger partial charge in [-0.25, -0.2) is 0 Å². The minimum atomic E-state index is -0.125. The van der Waals surface area contributed by atoms with E-state index in [1.165, 1.54) is 27.8 Å². The smallest absolute Gasteiger partial charge is 0.119 e. The molecular formula is C30H32NOP. The molecule has 3 heteroatoms. The van der Waals surface area contributed by atoms with Gasteiger partial charge in [-0.05, 0) is 54.5 Å². The highest BCUT2D eigenvalue weighted by atomic mass is 31.1. The van der Waals surface area contributed by atoms with Gasteiger partial charge in [-0.1, -0.05) is 101 Å². The van der Waals surface area contributed by atoms with Crippen molar-refractivity contribution in [2.75, 3.05) is 4.90 Å². The van der Waals surface area contributed by atoms with Crippen LogP contribution in [-0.2, 0) is 11.7 Å². The summed E-state index contributed by atoms with van der Waals surface area (Å²) in [6.07, 6.45) is 0.956. The van der Waals surface area contributed by atoms with Crippen LogP contribution >= 0.6 is 8.58 Å². The highest BCUT2D eigenvalue weighted by Gasteiger charge is 2.29. The average Bonchev–Trinajstić information content (AvgIpc) is 2.85. The first kappa shape index (κ1) is 23.1. The van der Waals surface area contributed by atoms with Crippen LogP contribution in [0.1, 0.15) is 37.0 Å². The van der Waals surface area contributed by atoms with Crippen LogP contribution in [0.5, 0.6) is 5.75 Å². The first-order chi connectivity index (χ1) is 16.0. The Morgan fingerprint density at radius 2 is 1.36 bits per heavy atom. The summed E-state index contributed by atoms with van der Waals surface area (Å²) in [4.78, 5) is 2.38. The molecule has 0 heterocycles. The summed E-state index contributed by atoms with van der Waals surface area (Å²) < 4.78 is 0. The zero-order chi connectivity index (χ0) is 23.3. The van der Waals surface area contributed by atoms with E-state index in [1.807, 2.05) is 12.1 Å². The van der Waals surface area contributed by atoms with Crippen LogP contribution in [0.4, 0.5) is 11.4 Å². The van der Waals surface area contributed by atoms with Gasteiger partial charge in [0.1, 0.15) is 5.75 Å². The third kappa shape index (κ3) is 5.29. The van der Waals surface area contributed by atoms with Crippen molar-refractivity contribution in [2.45, 2.75) is 38.9 Å². The predicted octanol–water partition coefficient (Wildman–Crippen LogP) is 7.67. The van der Waals surface area contributed by atoms with Gasteiger partial charge in [-0.3, -0.25) is 0 Å². The lowest BCUT2D eigenvalue weighted by atomic mass is 9.96. The van der Waals surface area contributed by atoms with Crippen LogP contribution < -0.4 is 10.2 Å². The van der Waals surface area contributed by atoms with E-state index in [-0.39, 0.29) is 5.16 Å². The summed E-state index contributed by atoms with van der Waals surface area (Å²) in [7, 11) is 0.546. The van der Waals surface area contributed by atoms with Gasteiger partial charge < -0.3 is 10.0 Å². The molecule has 4 aromatic rings. The van der Waals surface area contributed by atoms with E-state index >= 15 is 0 Å². The lowest BCUT2D eigenvalue weighted by Crippen LogP contribution is -2.24. The summed E-state index contributed by atoms with van der Waals surface area (Å²) in [5, 5.41) is 11.8. The quantitative estimate of drug-likeness (QED) is 0.277. The van der Waals surface area contributed by atoms with Crippen molar-refractivity contribution in [3.63, 3.8) is 0 Å². The van der Waals surface area contributed by atoms with E-state index in [1.54, 1.807) is 6.07 Å². The van der Waals surface area contributed by atoms with Crippen molar-refractivity contribution in [3.05, 3.63) is 120 Å². The number of anilines is 2. The predicted molar refractivity (Wildman–Crippen MR) is 144 cm³/mol. The molecule has 33 heavy (non-hydrogen) atoms. The Bertz CT molecular complexity index is 1150. The third-order valence-corrected chi connectivity index (χ3v) is 8.27. The number of nitrogens with zero attached hydrogens (tertiary/aromatic N) is 1. The number of benzene rings is 4. The number of hydrogen-bond acceptors (Lipinski definition) is 2. The van der Waals surface area contributed by atoms with Gasteiger partial charge in [0.05, 0.1) is 0 Å². The van der Waals surface area contributed by atoms with Crippen molar-refractivity contribution < 1.29 is 5.11 Å². The maximum atomic E-state index is 10.6. The van der Waals surface area contributed by atoms with Crippen LogP contribution in [0, 0.1) is 6.92 Å². The van der Waals surface area contributed by atoms with Gasteiger partial charge >= 0.3 is 0 Å². The highest BCUT2D eigenvalue weighted by molar-refractivity contribution is 7.48. The van der Waals surface area contributed by atoms with Crippen LogP contribution in [0.3, 0.4) is 0 Å². The molecule has 0 aliphatic rings. The Morgan fingerprint density at radius 3 is 1.94 bits per heavy atom. The molecule has 0 amide bonds. The summed E-state index contributed by atoms with van der Waals surface area (Å²) in [6.45, 7) is 7.44. The first-order valence-corrected chi connectivity index (χ1v) is 12.5. The van der Waals surface area contributed by atoms with Gasteiger partial charge in [0.2, 0.25) is 0 Å². The number of phenolic OH excluding ortho intramolecular Hbond substituents is 1. The fraction of sp³-hybridized carbons (Fsp3) is 0.200. The number of phenols is 1. The van der Waals surface area contributed by atoms with E-state index in [0.717, 1.165) is 18.5 Å². The molecule has 0 saturated carbocycles. The van der Waals surface area contributed by atoms with Crippen molar-refractivity contribution >= 4 is 25.3 Å². The van der Waals surface area contributed by atoms with E-state index in [9.17, 15) is 5.11 Å². The van der Waals surface area contributed by atoms with Crippen LogP contribution in [0.2, 0.25) is 0 Å². The van der Waals surface area contributed by atoms with E-state index in [0.29, 0.717) is 14.3 Å². The minimum Gasteiger partial charge on any atom is -0.508 e. The average molecular weight is 454 g/mol. The number of aryl methyl sites for hydroxylation is 1. The fourth-order valence-corrected chi connectivity index (χ4v) is 5.87. The topological polar surface area (TPSA) is 23.5 Å². The molecule has 0 bridgehead atoms. The van der Waals surface area contributed by atoms with Crippen molar-refractivity contribution in [3.8, 4) is 5.75 Å². The second-order valence-electron chi connectivity index (χ2n) is 8.75. The molecule has 2 nitrogen and oxygen atoms in total. The third-order valence-electron chi connectivity index (χ3n) is 6.34. The molecule has 168 valence electrons. The monoisotopic (exact) mass is 453 g/mol. The lowest BCUT2D eigenvalue weighted by molar-refractivity contribution is 0.457.